The molecule has 2 rings (SSSR count). The molecular weight excluding hydrogens is 183 g/mol. The van der Waals surface area contributed by atoms with Crippen LogP contribution in [0.3, 0.4) is 0 Å². The van der Waals surface area contributed by atoms with Crippen molar-refractivity contribution in [2.75, 3.05) is 6.61 Å². The Balaban J connectivity index is 1.84. The minimum atomic E-state index is -0.404. The van der Waals surface area contributed by atoms with Crippen LogP contribution in [0.15, 0.2) is 24.3 Å². The largest absolute Gasteiger partial charge is 0.491 e. The van der Waals surface area contributed by atoms with Crippen LogP contribution in [-0.2, 0) is 0 Å². The number of aliphatic hydroxyl groups excluding tert-OH is 1. The van der Waals surface area contributed by atoms with Gasteiger partial charge in [0.05, 0.1) is 6.10 Å². The Morgan fingerprint density at radius 3 is 2.93 bits per heavy atom. The van der Waals surface area contributed by atoms with Gasteiger partial charge >= 0.3 is 0 Å². The molecule has 1 unspecified atom stereocenters. The first-order valence-corrected chi connectivity index (χ1v) is 4.82. The van der Waals surface area contributed by atoms with E-state index in [0.29, 0.717) is 11.7 Å². The summed E-state index contributed by atoms with van der Waals surface area (Å²) >= 11 is 0. The molecule has 2 nitrogen and oxygen atoms in total. The van der Waals surface area contributed by atoms with Gasteiger partial charge in [-0.1, -0.05) is 6.07 Å². The normalized spacial score (nSPS) is 17.9. The SMILES string of the molecule is OC(COc1cccc(F)c1)C1CC1. The van der Waals surface area contributed by atoms with Gasteiger partial charge in [0, 0.05) is 6.07 Å². The Morgan fingerprint density at radius 2 is 2.29 bits per heavy atom. The number of hydrogen-bond acceptors (Lipinski definition) is 2. The Morgan fingerprint density at radius 1 is 1.50 bits per heavy atom. The Hall–Kier alpha value is -1.09. The highest BCUT2D eigenvalue weighted by Crippen LogP contribution is 2.32. The Kier molecular flexibility index (Phi) is 2.68. The van der Waals surface area contributed by atoms with Gasteiger partial charge < -0.3 is 9.84 Å². The Bertz CT molecular complexity index is 310. The van der Waals surface area contributed by atoms with Gasteiger partial charge in [0.25, 0.3) is 0 Å². The molecule has 0 aliphatic heterocycles. The molecule has 1 aromatic carbocycles. The van der Waals surface area contributed by atoms with E-state index in [1.165, 1.54) is 12.1 Å². The van der Waals surface area contributed by atoms with E-state index in [0.717, 1.165) is 12.8 Å². The molecule has 1 fully saturated rings. The predicted molar refractivity (Wildman–Crippen MR) is 50.6 cm³/mol. The zero-order chi connectivity index (χ0) is 9.97. The van der Waals surface area contributed by atoms with Crippen molar-refractivity contribution in [1.29, 1.82) is 0 Å². The summed E-state index contributed by atoms with van der Waals surface area (Å²) in [6.07, 6.45) is 1.75. The molecule has 1 aliphatic carbocycles. The van der Waals surface area contributed by atoms with Crippen molar-refractivity contribution in [1.82, 2.24) is 0 Å². The van der Waals surface area contributed by atoms with Gasteiger partial charge in [0.1, 0.15) is 18.2 Å². The van der Waals surface area contributed by atoms with Crippen molar-refractivity contribution in [2.45, 2.75) is 18.9 Å². The van der Waals surface area contributed by atoms with Crippen LogP contribution in [-0.4, -0.2) is 17.8 Å². The molecule has 0 bridgehead atoms. The molecule has 0 spiro atoms. The van der Waals surface area contributed by atoms with Crippen molar-refractivity contribution in [2.24, 2.45) is 5.92 Å². The molecule has 14 heavy (non-hydrogen) atoms. The summed E-state index contributed by atoms with van der Waals surface area (Å²) in [6.45, 7) is 0.258. The monoisotopic (exact) mass is 196 g/mol. The van der Waals surface area contributed by atoms with Crippen molar-refractivity contribution in [3.8, 4) is 5.75 Å². The number of rotatable bonds is 4. The van der Waals surface area contributed by atoms with Gasteiger partial charge in [-0.2, -0.15) is 0 Å². The number of benzene rings is 1. The van der Waals surface area contributed by atoms with Crippen molar-refractivity contribution < 1.29 is 14.2 Å². The summed E-state index contributed by atoms with van der Waals surface area (Å²) < 4.78 is 18.0. The molecule has 76 valence electrons. The average Bonchev–Trinajstić information content (AvgIpc) is 2.97. The fraction of sp³-hybridized carbons (Fsp3) is 0.455. The zero-order valence-corrected chi connectivity index (χ0v) is 7.82. The van der Waals surface area contributed by atoms with E-state index in [1.54, 1.807) is 12.1 Å². The predicted octanol–water partition coefficient (Wildman–Crippen LogP) is 1.98. The van der Waals surface area contributed by atoms with Crippen LogP contribution in [0, 0.1) is 11.7 Å². The van der Waals surface area contributed by atoms with Crippen LogP contribution in [0.25, 0.3) is 0 Å². The highest BCUT2D eigenvalue weighted by atomic mass is 19.1. The third kappa shape index (κ3) is 2.45. The van der Waals surface area contributed by atoms with E-state index < -0.39 is 6.10 Å². The van der Waals surface area contributed by atoms with E-state index in [1.807, 2.05) is 0 Å². The third-order valence-corrected chi connectivity index (χ3v) is 2.38. The summed E-state index contributed by atoms with van der Waals surface area (Å²) in [6, 6.07) is 5.96. The van der Waals surface area contributed by atoms with Gasteiger partial charge in [0.2, 0.25) is 0 Å². The fourth-order valence-corrected chi connectivity index (χ4v) is 1.36. The highest BCUT2D eigenvalue weighted by molar-refractivity contribution is 5.22. The summed E-state index contributed by atoms with van der Waals surface area (Å²) in [4.78, 5) is 0. The molecule has 1 aromatic rings. The maximum Gasteiger partial charge on any atom is 0.126 e. The van der Waals surface area contributed by atoms with Crippen molar-refractivity contribution in [3.63, 3.8) is 0 Å². The number of aliphatic hydroxyl groups is 1. The maximum absolute atomic E-state index is 12.7. The van der Waals surface area contributed by atoms with E-state index in [9.17, 15) is 9.50 Å². The van der Waals surface area contributed by atoms with E-state index in [2.05, 4.69) is 0 Å². The molecular formula is C11H13FO2. The lowest BCUT2D eigenvalue weighted by atomic mass is 10.2. The fourth-order valence-electron chi connectivity index (χ4n) is 1.36. The van der Waals surface area contributed by atoms with Crippen molar-refractivity contribution >= 4 is 0 Å². The second-order valence-corrected chi connectivity index (χ2v) is 3.67. The lowest BCUT2D eigenvalue weighted by Gasteiger charge is -2.10. The topological polar surface area (TPSA) is 29.5 Å². The molecule has 0 saturated heterocycles. The number of hydrogen-bond donors (Lipinski definition) is 1. The summed E-state index contributed by atoms with van der Waals surface area (Å²) in [5.74, 6) is 0.552. The van der Waals surface area contributed by atoms with E-state index in [-0.39, 0.29) is 12.4 Å². The van der Waals surface area contributed by atoms with Crippen LogP contribution in [0.2, 0.25) is 0 Å². The minimum Gasteiger partial charge on any atom is -0.491 e. The standard InChI is InChI=1S/C11H13FO2/c12-9-2-1-3-10(6-9)14-7-11(13)8-4-5-8/h1-3,6,8,11,13H,4-5,7H2. The Labute approximate surface area is 82.3 Å². The highest BCUT2D eigenvalue weighted by Gasteiger charge is 2.29. The van der Waals surface area contributed by atoms with Crippen LogP contribution in [0.5, 0.6) is 5.75 Å². The van der Waals surface area contributed by atoms with Crippen LogP contribution in [0.1, 0.15) is 12.8 Å². The molecule has 3 heteroatoms. The number of halogens is 1. The number of ether oxygens (including phenoxy) is 1. The van der Waals surface area contributed by atoms with Crippen LogP contribution in [0.4, 0.5) is 4.39 Å². The quantitative estimate of drug-likeness (QED) is 0.797. The zero-order valence-electron chi connectivity index (χ0n) is 7.82. The molecule has 1 N–H and O–H groups in total. The molecule has 0 amide bonds. The van der Waals surface area contributed by atoms with Gasteiger partial charge in [0.15, 0.2) is 0 Å². The molecule has 1 atom stereocenters. The van der Waals surface area contributed by atoms with Gasteiger partial charge in [-0.25, -0.2) is 4.39 Å². The maximum atomic E-state index is 12.7. The molecule has 0 aromatic heterocycles. The minimum absolute atomic E-state index is 0.258. The average molecular weight is 196 g/mol. The second-order valence-electron chi connectivity index (χ2n) is 3.67. The lowest BCUT2D eigenvalue weighted by Crippen LogP contribution is -2.19. The first-order valence-electron chi connectivity index (χ1n) is 4.82. The second kappa shape index (κ2) is 3.96. The lowest BCUT2D eigenvalue weighted by molar-refractivity contribution is 0.0893. The molecule has 1 aliphatic rings. The van der Waals surface area contributed by atoms with Gasteiger partial charge in [-0.15, -0.1) is 0 Å². The van der Waals surface area contributed by atoms with Gasteiger partial charge in [-0.3, -0.25) is 0 Å². The first kappa shape index (κ1) is 9.46. The summed E-state index contributed by atoms with van der Waals surface area (Å²) in [5.41, 5.74) is 0. The van der Waals surface area contributed by atoms with Crippen LogP contribution >= 0.6 is 0 Å². The smallest absolute Gasteiger partial charge is 0.126 e. The van der Waals surface area contributed by atoms with E-state index in [4.69, 9.17) is 4.74 Å². The summed E-state index contributed by atoms with van der Waals surface area (Å²) in [5, 5.41) is 9.50. The molecule has 1 saturated carbocycles. The van der Waals surface area contributed by atoms with Gasteiger partial charge in [-0.05, 0) is 30.9 Å². The third-order valence-electron chi connectivity index (χ3n) is 2.38. The van der Waals surface area contributed by atoms with E-state index >= 15 is 0 Å². The first-order chi connectivity index (χ1) is 6.75. The van der Waals surface area contributed by atoms with Crippen LogP contribution < -0.4 is 4.74 Å². The van der Waals surface area contributed by atoms with Crippen molar-refractivity contribution in [3.05, 3.63) is 30.1 Å². The molecule has 0 heterocycles. The molecule has 0 radical (unpaired) electrons. The summed E-state index contributed by atoms with van der Waals surface area (Å²) in [7, 11) is 0.